The zero-order valence-electron chi connectivity index (χ0n) is 24.1. The van der Waals surface area contributed by atoms with Gasteiger partial charge in [0.2, 0.25) is 0 Å². The Kier molecular flexibility index (Phi) is 13.2. The topological polar surface area (TPSA) is 53.2 Å². The van der Waals surface area contributed by atoms with Crippen molar-refractivity contribution in [2.45, 2.75) is 129 Å². The minimum atomic E-state index is -0.151. The summed E-state index contributed by atoms with van der Waals surface area (Å²) in [6.07, 6.45) is 18.5. The molecule has 1 saturated carbocycles. The van der Waals surface area contributed by atoms with Crippen molar-refractivity contribution in [2.75, 3.05) is 6.61 Å². The molecule has 0 aromatic heterocycles. The molecule has 1 fully saturated rings. The van der Waals surface area contributed by atoms with Gasteiger partial charge in [-0.2, -0.15) is 5.26 Å². The molecule has 2 aromatic carbocycles. The van der Waals surface area contributed by atoms with Crippen LogP contribution in [0.1, 0.15) is 128 Å². The summed E-state index contributed by atoms with van der Waals surface area (Å²) in [5, 5.41) is 19.1. The maximum absolute atomic E-state index is 10.2. The van der Waals surface area contributed by atoms with Crippen LogP contribution in [0.4, 0.5) is 0 Å². The molecule has 1 aliphatic rings. The van der Waals surface area contributed by atoms with E-state index in [0.29, 0.717) is 18.6 Å². The number of unbranched alkanes of at least 4 members (excludes halogenated alkanes) is 6. The van der Waals surface area contributed by atoms with Crippen molar-refractivity contribution in [1.29, 1.82) is 5.26 Å². The summed E-state index contributed by atoms with van der Waals surface area (Å²) in [6.45, 7) is 4.76. The molecule has 0 bridgehead atoms. The van der Waals surface area contributed by atoms with Gasteiger partial charge in [-0.3, -0.25) is 0 Å². The van der Waals surface area contributed by atoms with Gasteiger partial charge in [-0.1, -0.05) is 108 Å². The summed E-state index contributed by atoms with van der Waals surface area (Å²) in [5.74, 6) is 1.45. The molecule has 0 radical (unpaired) electrons. The fraction of sp³-hybridized carbons (Fsp3) is 0.629. The van der Waals surface area contributed by atoms with E-state index in [1.165, 1.54) is 48.8 Å². The van der Waals surface area contributed by atoms with E-state index in [1.807, 2.05) is 0 Å². The van der Waals surface area contributed by atoms with E-state index in [1.54, 1.807) is 0 Å². The monoisotopic (exact) mass is 517 g/mol. The number of ether oxygens (including phenoxy) is 1. The number of hydrogen-bond donors (Lipinski definition) is 1. The number of nitriles is 1. The SMILES string of the molecule is CCCC(CCC)Oc1ccc(-c2ccc(C3CCCC(C#N)(CCCCCCCCCO)C3)cc2)cc1. The molecule has 1 aliphatic carbocycles. The maximum atomic E-state index is 10.2. The van der Waals surface area contributed by atoms with Crippen LogP contribution in [0.15, 0.2) is 48.5 Å². The lowest BCUT2D eigenvalue weighted by Crippen LogP contribution is -2.26. The Hall–Kier alpha value is -2.31. The number of nitrogens with zero attached hydrogens (tertiary/aromatic N) is 1. The van der Waals surface area contributed by atoms with Crippen molar-refractivity contribution in [1.82, 2.24) is 0 Å². The van der Waals surface area contributed by atoms with Gasteiger partial charge in [0, 0.05) is 6.61 Å². The second-order valence-corrected chi connectivity index (χ2v) is 11.6. The fourth-order valence-electron chi connectivity index (χ4n) is 6.26. The first-order valence-electron chi connectivity index (χ1n) is 15.5. The van der Waals surface area contributed by atoms with Crippen LogP contribution in [-0.2, 0) is 0 Å². The largest absolute Gasteiger partial charge is 0.490 e. The molecule has 2 unspecified atom stereocenters. The Morgan fingerprint density at radius 1 is 0.868 bits per heavy atom. The molecule has 3 nitrogen and oxygen atoms in total. The number of hydrogen-bond acceptors (Lipinski definition) is 3. The van der Waals surface area contributed by atoms with Gasteiger partial charge in [-0.25, -0.2) is 0 Å². The molecule has 38 heavy (non-hydrogen) atoms. The first-order valence-corrected chi connectivity index (χ1v) is 15.5. The average molecular weight is 518 g/mol. The molecule has 3 rings (SSSR count). The van der Waals surface area contributed by atoms with Gasteiger partial charge < -0.3 is 9.84 Å². The van der Waals surface area contributed by atoms with Crippen molar-refractivity contribution in [3.05, 3.63) is 54.1 Å². The lowest BCUT2D eigenvalue weighted by molar-refractivity contribution is 0.179. The van der Waals surface area contributed by atoms with Crippen LogP contribution in [0.3, 0.4) is 0 Å². The van der Waals surface area contributed by atoms with E-state index < -0.39 is 0 Å². The van der Waals surface area contributed by atoms with Crippen LogP contribution >= 0.6 is 0 Å². The number of aliphatic hydroxyl groups is 1. The van der Waals surface area contributed by atoms with Crippen molar-refractivity contribution >= 4 is 0 Å². The summed E-state index contributed by atoms with van der Waals surface area (Å²) in [7, 11) is 0. The molecule has 0 spiro atoms. The first-order chi connectivity index (χ1) is 18.6. The van der Waals surface area contributed by atoms with Crippen molar-refractivity contribution in [3.63, 3.8) is 0 Å². The summed E-state index contributed by atoms with van der Waals surface area (Å²) >= 11 is 0. The van der Waals surface area contributed by atoms with Crippen LogP contribution in [0.25, 0.3) is 11.1 Å². The van der Waals surface area contributed by atoms with E-state index in [-0.39, 0.29) is 5.41 Å². The van der Waals surface area contributed by atoms with Crippen LogP contribution in [0, 0.1) is 16.7 Å². The van der Waals surface area contributed by atoms with E-state index in [0.717, 1.165) is 76.4 Å². The normalized spacial score (nSPS) is 19.4. The Morgan fingerprint density at radius 2 is 1.45 bits per heavy atom. The molecule has 1 N–H and O–H groups in total. The van der Waals surface area contributed by atoms with E-state index in [2.05, 4.69) is 68.4 Å². The summed E-state index contributed by atoms with van der Waals surface area (Å²) < 4.78 is 6.24. The number of rotatable bonds is 17. The quantitative estimate of drug-likeness (QED) is 0.212. The third-order valence-electron chi connectivity index (χ3n) is 8.49. The lowest BCUT2D eigenvalue weighted by atomic mass is 9.66. The van der Waals surface area contributed by atoms with Crippen molar-refractivity contribution < 1.29 is 9.84 Å². The molecule has 2 aromatic rings. The van der Waals surface area contributed by atoms with Crippen molar-refractivity contribution in [3.8, 4) is 22.9 Å². The summed E-state index contributed by atoms with van der Waals surface area (Å²) in [5.41, 5.74) is 3.69. The van der Waals surface area contributed by atoms with E-state index >= 15 is 0 Å². The smallest absolute Gasteiger partial charge is 0.119 e. The molecule has 0 heterocycles. The molecule has 0 saturated heterocycles. The second-order valence-electron chi connectivity index (χ2n) is 11.6. The minimum Gasteiger partial charge on any atom is -0.490 e. The molecular weight excluding hydrogens is 466 g/mol. The van der Waals surface area contributed by atoms with Gasteiger partial charge >= 0.3 is 0 Å². The van der Waals surface area contributed by atoms with Crippen LogP contribution in [0.2, 0.25) is 0 Å². The molecule has 3 heteroatoms. The van der Waals surface area contributed by atoms with Gasteiger partial charge in [-0.15, -0.1) is 0 Å². The highest BCUT2D eigenvalue weighted by molar-refractivity contribution is 5.64. The molecule has 208 valence electrons. The molecular formula is C35H51NO2. The van der Waals surface area contributed by atoms with Gasteiger partial charge in [0.25, 0.3) is 0 Å². The highest BCUT2D eigenvalue weighted by Gasteiger charge is 2.36. The Morgan fingerprint density at radius 3 is 2.03 bits per heavy atom. The van der Waals surface area contributed by atoms with Crippen LogP contribution in [0.5, 0.6) is 5.75 Å². The zero-order chi connectivity index (χ0) is 27.1. The fourth-order valence-corrected chi connectivity index (χ4v) is 6.26. The molecule has 0 aliphatic heterocycles. The number of benzene rings is 2. The highest BCUT2D eigenvalue weighted by atomic mass is 16.5. The minimum absolute atomic E-state index is 0.151. The average Bonchev–Trinajstić information content (AvgIpc) is 2.95. The highest BCUT2D eigenvalue weighted by Crippen LogP contribution is 2.47. The van der Waals surface area contributed by atoms with Crippen LogP contribution in [-0.4, -0.2) is 17.8 Å². The van der Waals surface area contributed by atoms with E-state index in [9.17, 15) is 5.26 Å². The van der Waals surface area contributed by atoms with Gasteiger partial charge in [0.1, 0.15) is 5.75 Å². The van der Waals surface area contributed by atoms with Crippen molar-refractivity contribution in [2.24, 2.45) is 5.41 Å². The third kappa shape index (κ3) is 9.46. The lowest BCUT2D eigenvalue weighted by Gasteiger charge is -2.36. The van der Waals surface area contributed by atoms with Crippen LogP contribution < -0.4 is 4.74 Å². The van der Waals surface area contributed by atoms with Gasteiger partial charge in [0.15, 0.2) is 0 Å². The molecule has 0 amide bonds. The summed E-state index contributed by atoms with van der Waals surface area (Å²) in [4.78, 5) is 0. The Bertz CT molecular complexity index is 939. The van der Waals surface area contributed by atoms with Gasteiger partial charge in [0.05, 0.1) is 17.6 Å². The maximum Gasteiger partial charge on any atom is 0.119 e. The third-order valence-corrected chi connectivity index (χ3v) is 8.49. The standard InChI is InChI=1S/C35H51NO2/c1-3-13-33(14-4-2)38-34-22-20-30(21-23-34)29-16-18-31(19-17-29)32-15-12-25-35(27-32,28-36)24-10-8-6-5-7-9-11-26-37/h16-23,32-33,37H,3-15,24-27H2,1-2H3. The Balaban J connectivity index is 1.53. The Labute approximate surface area is 232 Å². The predicted molar refractivity (Wildman–Crippen MR) is 159 cm³/mol. The molecule has 2 atom stereocenters. The second kappa shape index (κ2) is 16.6. The predicted octanol–water partition coefficient (Wildman–Crippen LogP) is 9.98. The first kappa shape index (κ1) is 30.2. The number of aliphatic hydroxyl groups excluding tert-OH is 1. The summed E-state index contributed by atoms with van der Waals surface area (Å²) in [6, 6.07) is 20.4. The van der Waals surface area contributed by atoms with E-state index in [4.69, 9.17) is 9.84 Å². The zero-order valence-corrected chi connectivity index (χ0v) is 24.1. The van der Waals surface area contributed by atoms with Gasteiger partial charge in [-0.05, 0) is 79.7 Å².